The first-order chi connectivity index (χ1) is 14.3. The molecule has 1 saturated heterocycles. The maximum Gasteiger partial charge on any atom is 0.263 e. The van der Waals surface area contributed by atoms with E-state index in [1.54, 1.807) is 16.2 Å². The van der Waals surface area contributed by atoms with Crippen LogP contribution in [0.5, 0.6) is 0 Å². The van der Waals surface area contributed by atoms with Gasteiger partial charge in [0.2, 0.25) is 0 Å². The van der Waals surface area contributed by atoms with E-state index in [4.69, 9.17) is 11.6 Å². The molecule has 0 saturated carbocycles. The van der Waals surface area contributed by atoms with Gasteiger partial charge in [0.25, 0.3) is 15.9 Å². The Morgan fingerprint density at radius 2 is 1.93 bits per heavy atom. The number of carbonyl (C=O) groups excluding carboxylic acids is 1. The zero-order valence-electron chi connectivity index (χ0n) is 15.7. The molecule has 1 aromatic heterocycles. The molecule has 1 fully saturated rings. The lowest BCUT2D eigenvalue weighted by molar-refractivity contribution is 0.0737. The van der Waals surface area contributed by atoms with Gasteiger partial charge in [0, 0.05) is 22.7 Å². The third kappa shape index (κ3) is 4.21. The fourth-order valence-corrected chi connectivity index (χ4v) is 5.98. The summed E-state index contributed by atoms with van der Waals surface area (Å²) in [6, 6.07) is 13.1. The van der Waals surface area contributed by atoms with Crippen LogP contribution in [0, 0.1) is 5.82 Å². The van der Waals surface area contributed by atoms with Crippen molar-refractivity contribution in [2.24, 2.45) is 0 Å². The van der Waals surface area contributed by atoms with E-state index in [1.807, 2.05) is 17.5 Å². The number of hydrogen-bond acceptors (Lipinski definition) is 4. The maximum atomic E-state index is 13.2. The van der Waals surface area contributed by atoms with Crippen LogP contribution in [0.2, 0.25) is 5.02 Å². The maximum absolute atomic E-state index is 13.2. The van der Waals surface area contributed by atoms with Crippen LogP contribution < -0.4 is 4.72 Å². The van der Waals surface area contributed by atoms with E-state index < -0.39 is 15.8 Å². The first-order valence-electron chi connectivity index (χ1n) is 9.27. The molecule has 1 atom stereocenters. The molecule has 1 N–H and O–H groups in total. The van der Waals surface area contributed by atoms with Crippen molar-refractivity contribution < 1.29 is 17.6 Å². The van der Waals surface area contributed by atoms with Crippen molar-refractivity contribution in [2.75, 3.05) is 11.3 Å². The number of halogens is 2. The minimum Gasteiger partial charge on any atom is -0.331 e. The van der Waals surface area contributed by atoms with Gasteiger partial charge in [0.1, 0.15) is 10.7 Å². The van der Waals surface area contributed by atoms with Gasteiger partial charge in [-0.05, 0) is 66.8 Å². The molecular formula is C21H18ClFN2O3S2. The van der Waals surface area contributed by atoms with Crippen LogP contribution in [0.15, 0.2) is 64.9 Å². The molecule has 156 valence electrons. The summed E-state index contributed by atoms with van der Waals surface area (Å²) in [6.07, 6.45) is 1.76. The number of likely N-dealkylation sites (tertiary alicyclic amines) is 1. The number of nitrogens with one attached hydrogen (secondary N) is 1. The molecule has 2 aromatic carbocycles. The predicted octanol–water partition coefficient (Wildman–Crippen LogP) is 5.32. The van der Waals surface area contributed by atoms with Gasteiger partial charge in [-0.3, -0.25) is 9.52 Å². The number of thiophene rings is 1. The van der Waals surface area contributed by atoms with Crippen LogP contribution in [0.25, 0.3) is 0 Å². The summed E-state index contributed by atoms with van der Waals surface area (Å²) < 4.78 is 41.1. The number of hydrogen-bond donors (Lipinski definition) is 1. The van der Waals surface area contributed by atoms with E-state index in [0.717, 1.165) is 29.9 Å². The predicted molar refractivity (Wildman–Crippen MR) is 116 cm³/mol. The summed E-state index contributed by atoms with van der Waals surface area (Å²) in [5.74, 6) is -0.713. The fourth-order valence-electron chi connectivity index (χ4n) is 3.52. The number of carbonyl (C=O) groups is 1. The first kappa shape index (κ1) is 20.8. The Morgan fingerprint density at radius 3 is 2.63 bits per heavy atom. The Kier molecular flexibility index (Phi) is 5.81. The van der Waals surface area contributed by atoms with Gasteiger partial charge in [-0.15, -0.1) is 11.3 Å². The van der Waals surface area contributed by atoms with Gasteiger partial charge < -0.3 is 4.90 Å². The van der Waals surface area contributed by atoms with E-state index in [9.17, 15) is 17.6 Å². The molecule has 2 heterocycles. The van der Waals surface area contributed by atoms with E-state index >= 15 is 0 Å². The molecule has 1 aliphatic heterocycles. The van der Waals surface area contributed by atoms with Crippen LogP contribution in [0.4, 0.5) is 10.1 Å². The topological polar surface area (TPSA) is 66.5 Å². The number of anilines is 1. The zero-order valence-corrected chi connectivity index (χ0v) is 18.1. The van der Waals surface area contributed by atoms with Crippen molar-refractivity contribution in [2.45, 2.75) is 23.8 Å². The average molecular weight is 465 g/mol. The molecule has 9 heteroatoms. The molecule has 5 nitrogen and oxygen atoms in total. The van der Waals surface area contributed by atoms with E-state index in [-0.39, 0.29) is 33.1 Å². The number of rotatable bonds is 5. The van der Waals surface area contributed by atoms with Crippen molar-refractivity contribution >= 4 is 44.6 Å². The molecule has 0 bridgehead atoms. The molecule has 30 heavy (non-hydrogen) atoms. The highest BCUT2D eigenvalue weighted by Gasteiger charge is 2.32. The molecule has 4 rings (SSSR count). The van der Waals surface area contributed by atoms with Gasteiger partial charge >= 0.3 is 0 Å². The molecule has 1 amide bonds. The van der Waals surface area contributed by atoms with Crippen LogP contribution >= 0.6 is 22.9 Å². The lowest BCUT2D eigenvalue weighted by Crippen LogP contribution is -2.30. The summed E-state index contributed by atoms with van der Waals surface area (Å²) in [7, 11) is -4.07. The van der Waals surface area contributed by atoms with Crippen molar-refractivity contribution in [3.8, 4) is 0 Å². The Labute approximate surface area is 183 Å². The monoisotopic (exact) mass is 464 g/mol. The number of sulfonamides is 1. The quantitative estimate of drug-likeness (QED) is 0.555. The van der Waals surface area contributed by atoms with Crippen LogP contribution in [0.1, 0.15) is 34.1 Å². The zero-order chi connectivity index (χ0) is 21.3. The smallest absolute Gasteiger partial charge is 0.263 e. The van der Waals surface area contributed by atoms with Gasteiger partial charge in [0.05, 0.1) is 11.1 Å². The van der Waals surface area contributed by atoms with Crippen molar-refractivity contribution in [3.63, 3.8) is 0 Å². The van der Waals surface area contributed by atoms with E-state index in [2.05, 4.69) is 4.72 Å². The van der Waals surface area contributed by atoms with Gasteiger partial charge in [-0.25, -0.2) is 12.8 Å². The van der Waals surface area contributed by atoms with E-state index in [0.29, 0.717) is 6.54 Å². The highest BCUT2D eigenvalue weighted by molar-refractivity contribution is 7.92. The fraction of sp³-hybridized carbons (Fsp3) is 0.190. The van der Waals surface area contributed by atoms with Crippen molar-refractivity contribution in [1.82, 2.24) is 4.90 Å². The molecule has 0 spiro atoms. The van der Waals surface area contributed by atoms with Gasteiger partial charge in [-0.2, -0.15) is 0 Å². The standard InChI is InChI=1S/C21H18ClFN2O3S2/c22-17-10-5-14(21(26)25-11-1-3-18(25)19-4-2-12-29-19)13-20(17)30(27,28)24-16-8-6-15(23)7-9-16/h2,4-10,12-13,18,24H,1,3,11H2. The minimum absolute atomic E-state index is 0.00242. The van der Waals surface area contributed by atoms with Crippen LogP contribution in [-0.4, -0.2) is 25.8 Å². The Balaban J connectivity index is 1.62. The molecule has 0 aliphatic carbocycles. The Morgan fingerprint density at radius 1 is 1.17 bits per heavy atom. The second-order valence-corrected chi connectivity index (χ2v) is 9.97. The normalized spacial score (nSPS) is 16.6. The Bertz CT molecular complexity index is 1170. The SMILES string of the molecule is O=C(c1ccc(Cl)c(S(=O)(=O)Nc2ccc(F)cc2)c1)N1CCCC1c1cccs1. The molecular weight excluding hydrogens is 447 g/mol. The summed E-state index contributed by atoms with van der Waals surface area (Å²) in [6.45, 7) is 0.611. The third-order valence-corrected chi connectivity index (χ3v) is 7.79. The largest absolute Gasteiger partial charge is 0.331 e. The minimum atomic E-state index is -4.07. The van der Waals surface area contributed by atoms with Crippen molar-refractivity contribution in [3.05, 3.63) is 81.3 Å². The van der Waals surface area contributed by atoms with Gasteiger partial charge in [-0.1, -0.05) is 17.7 Å². The molecule has 3 aromatic rings. The molecule has 1 unspecified atom stereocenters. The first-order valence-corrected chi connectivity index (χ1v) is 12.0. The second-order valence-electron chi connectivity index (χ2n) is 6.93. The third-order valence-electron chi connectivity index (χ3n) is 4.95. The highest BCUT2D eigenvalue weighted by atomic mass is 35.5. The summed E-state index contributed by atoms with van der Waals surface area (Å²) in [4.78, 5) is 15.9. The second kappa shape index (κ2) is 8.37. The summed E-state index contributed by atoms with van der Waals surface area (Å²) in [5.41, 5.74) is 0.448. The lowest BCUT2D eigenvalue weighted by Gasteiger charge is -2.24. The van der Waals surface area contributed by atoms with Gasteiger partial charge in [0.15, 0.2) is 0 Å². The van der Waals surface area contributed by atoms with Crippen LogP contribution in [0.3, 0.4) is 0 Å². The van der Waals surface area contributed by atoms with E-state index in [1.165, 1.54) is 30.3 Å². The number of benzene rings is 2. The Hall–Kier alpha value is -2.42. The van der Waals surface area contributed by atoms with Crippen molar-refractivity contribution in [1.29, 1.82) is 0 Å². The lowest BCUT2D eigenvalue weighted by atomic mass is 10.1. The molecule has 1 aliphatic rings. The highest BCUT2D eigenvalue weighted by Crippen LogP contribution is 2.36. The molecule has 0 radical (unpaired) electrons. The van der Waals surface area contributed by atoms with Crippen LogP contribution in [-0.2, 0) is 10.0 Å². The number of nitrogens with zero attached hydrogens (tertiary/aromatic N) is 1. The average Bonchev–Trinajstić information content (AvgIpc) is 3.40. The number of amides is 1. The summed E-state index contributed by atoms with van der Waals surface area (Å²) >= 11 is 7.75. The summed E-state index contributed by atoms with van der Waals surface area (Å²) in [5, 5.41) is 1.97.